The Morgan fingerprint density at radius 2 is 1.93 bits per heavy atom. The van der Waals surface area contributed by atoms with Crippen molar-refractivity contribution in [3.63, 3.8) is 0 Å². The number of carbonyl (C=O) groups is 1. The van der Waals surface area contributed by atoms with Gasteiger partial charge in [0.05, 0.1) is 5.71 Å². The molecule has 1 aliphatic heterocycles. The van der Waals surface area contributed by atoms with Gasteiger partial charge in [-0.25, -0.2) is 0 Å². The number of nitrogens with zero attached hydrogens (tertiary/aromatic N) is 2. The fraction of sp³-hybridized carbons (Fsp3) is 0.333. The van der Waals surface area contributed by atoms with Crippen molar-refractivity contribution in [3.8, 4) is 0 Å². The molecule has 1 heterocycles. The second kappa shape index (κ2) is 9.15. The Morgan fingerprint density at radius 3 is 2.59 bits per heavy atom. The summed E-state index contributed by atoms with van der Waals surface area (Å²) in [6, 6.07) is 16.2. The van der Waals surface area contributed by atoms with Gasteiger partial charge < -0.3 is 15.3 Å². The fourth-order valence-electron chi connectivity index (χ4n) is 3.29. The summed E-state index contributed by atoms with van der Waals surface area (Å²) >= 11 is 3.54. The molecule has 2 N–H and O–H groups in total. The van der Waals surface area contributed by atoms with Crippen LogP contribution in [0.3, 0.4) is 0 Å². The number of carboxylic acid groups (broad SMARTS) is 1. The Bertz CT molecular complexity index is 815. The molecule has 1 fully saturated rings. The lowest BCUT2D eigenvalue weighted by atomic mass is 9.98. The maximum Gasteiger partial charge on any atom is 0.325 e. The van der Waals surface area contributed by atoms with E-state index in [1.54, 1.807) is 0 Å². The molecule has 0 unspecified atom stereocenters. The number of aliphatic imine (C=N–C) groups is 1. The number of aliphatic carboxylic acids is 1. The third-order valence-electron chi connectivity index (χ3n) is 4.73. The molecule has 6 heteroatoms. The summed E-state index contributed by atoms with van der Waals surface area (Å²) in [7, 11) is 2.15. The van der Waals surface area contributed by atoms with Crippen LogP contribution in [0.15, 0.2) is 58.0 Å². The molecule has 0 aliphatic carbocycles. The molecular formula is C21H24BrN3O2. The first-order chi connectivity index (χ1) is 13.0. The highest BCUT2D eigenvalue weighted by Crippen LogP contribution is 2.27. The van der Waals surface area contributed by atoms with E-state index in [-0.39, 0.29) is 6.54 Å². The van der Waals surface area contributed by atoms with Gasteiger partial charge in [0.1, 0.15) is 6.54 Å². The van der Waals surface area contributed by atoms with E-state index in [0.717, 1.165) is 47.2 Å². The normalized spacial score (nSPS) is 16.3. The molecule has 5 nitrogen and oxygen atoms in total. The van der Waals surface area contributed by atoms with E-state index in [9.17, 15) is 4.79 Å². The number of hydrogen-bond acceptors (Lipinski definition) is 4. The minimum Gasteiger partial charge on any atom is -0.480 e. The minimum absolute atomic E-state index is 0.260. The predicted molar refractivity (Wildman–Crippen MR) is 113 cm³/mol. The summed E-state index contributed by atoms with van der Waals surface area (Å²) in [5.41, 5.74) is 3.49. The molecular weight excluding hydrogens is 406 g/mol. The summed E-state index contributed by atoms with van der Waals surface area (Å²) in [4.78, 5) is 17.9. The van der Waals surface area contributed by atoms with E-state index >= 15 is 0 Å². The van der Waals surface area contributed by atoms with Crippen molar-refractivity contribution in [2.45, 2.75) is 18.9 Å². The topological polar surface area (TPSA) is 64.9 Å². The van der Waals surface area contributed by atoms with Crippen LogP contribution in [-0.2, 0) is 4.79 Å². The van der Waals surface area contributed by atoms with Gasteiger partial charge in [0.2, 0.25) is 0 Å². The number of anilines is 1. The number of benzene rings is 2. The predicted octanol–water partition coefficient (Wildman–Crippen LogP) is 3.88. The molecule has 0 atom stereocenters. The molecule has 0 aromatic heterocycles. The SMILES string of the molecule is CN1CCC(Nc2ccc(Br)cc2/C(=N/CC(=O)O)c2ccccc2)CC1. The van der Waals surface area contributed by atoms with Gasteiger partial charge in [-0.1, -0.05) is 46.3 Å². The van der Waals surface area contributed by atoms with E-state index in [1.165, 1.54) is 0 Å². The van der Waals surface area contributed by atoms with Crippen molar-refractivity contribution in [2.75, 3.05) is 32.0 Å². The number of nitrogens with one attached hydrogen (secondary N) is 1. The third kappa shape index (κ3) is 5.40. The van der Waals surface area contributed by atoms with E-state index in [1.807, 2.05) is 48.5 Å². The maximum atomic E-state index is 11.1. The lowest BCUT2D eigenvalue weighted by molar-refractivity contribution is -0.135. The van der Waals surface area contributed by atoms with E-state index in [0.29, 0.717) is 11.8 Å². The summed E-state index contributed by atoms with van der Waals surface area (Å²) in [5.74, 6) is -0.941. The first kappa shape index (κ1) is 19.6. The van der Waals surface area contributed by atoms with Gasteiger partial charge in [-0.2, -0.15) is 0 Å². The van der Waals surface area contributed by atoms with Crippen LogP contribution in [0.1, 0.15) is 24.0 Å². The second-order valence-corrected chi connectivity index (χ2v) is 7.75. The molecule has 0 radical (unpaired) electrons. The zero-order valence-electron chi connectivity index (χ0n) is 15.4. The Morgan fingerprint density at radius 1 is 1.22 bits per heavy atom. The zero-order valence-corrected chi connectivity index (χ0v) is 16.9. The van der Waals surface area contributed by atoms with Gasteiger partial charge in [0.25, 0.3) is 0 Å². The zero-order chi connectivity index (χ0) is 19.2. The smallest absolute Gasteiger partial charge is 0.325 e. The van der Waals surface area contributed by atoms with E-state index in [2.05, 4.69) is 38.2 Å². The van der Waals surface area contributed by atoms with Gasteiger partial charge in [-0.15, -0.1) is 0 Å². The minimum atomic E-state index is -0.941. The van der Waals surface area contributed by atoms with Gasteiger partial charge in [-0.3, -0.25) is 9.79 Å². The van der Waals surface area contributed by atoms with Crippen LogP contribution in [-0.4, -0.2) is 54.4 Å². The van der Waals surface area contributed by atoms with Crippen LogP contribution in [0.5, 0.6) is 0 Å². The highest BCUT2D eigenvalue weighted by atomic mass is 79.9. The molecule has 0 saturated carbocycles. The van der Waals surface area contributed by atoms with Gasteiger partial charge in [0.15, 0.2) is 0 Å². The maximum absolute atomic E-state index is 11.1. The number of hydrogen-bond donors (Lipinski definition) is 2. The lowest BCUT2D eigenvalue weighted by Crippen LogP contribution is -2.37. The Hall–Kier alpha value is -2.18. The molecule has 2 aromatic carbocycles. The Labute approximate surface area is 168 Å². The number of halogens is 1. The molecule has 27 heavy (non-hydrogen) atoms. The van der Waals surface area contributed by atoms with E-state index < -0.39 is 5.97 Å². The first-order valence-corrected chi connectivity index (χ1v) is 9.89. The summed E-state index contributed by atoms with van der Waals surface area (Å²) in [6.45, 7) is 1.88. The van der Waals surface area contributed by atoms with Crippen LogP contribution in [0.4, 0.5) is 5.69 Å². The van der Waals surface area contributed by atoms with Crippen LogP contribution in [0.25, 0.3) is 0 Å². The van der Waals surface area contributed by atoms with Crippen LogP contribution in [0, 0.1) is 0 Å². The Kier molecular flexibility index (Phi) is 6.63. The van der Waals surface area contributed by atoms with Gasteiger partial charge in [-0.05, 0) is 51.2 Å². The van der Waals surface area contributed by atoms with Crippen molar-refractivity contribution in [2.24, 2.45) is 4.99 Å². The van der Waals surface area contributed by atoms with Gasteiger partial charge in [0, 0.05) is 27.3 Å². The van der Waals surface area contributed by atoms with Gasteiger partial charge >= 0.3 is 5.97 Å². The monoisotopic (exact) mass is 429 g/mol. The number of likely N-dealkylation sites (tertiary alicyclic amines) is 1. The first-order valence-electron chi connectivity index (χ1n) is 9.09. The van der Waals surface area contributed by atoms with Crippen molar-refractivity contribution in [1.29, 1.82) is 0 Å². The molecule has 0 amide bonds. The van der Waals surface area contributed by atoms with Crippen molar-refractivity contribution in [3.05, 3.63) is 64.1 Å². The second-order valence-electron chi connectivity index (χ2n) is 6.84. The molecule has 142 valence electrons. The van der Waals surface area contributed by atoms with Crippen molar-refractivity contribution in [1.82, 2.24) is 4.90 Å². The highest BCUT2D eigenvalue weighted by Gasteiger charge is 2.19. The highest BCUT2D eigenvalue weighted by molar-refractivity contribution is 9.10. The number of carboxylic acids is 1. The molecule has 3 rings (SSSR count). The summed E-state index contributed by atoms with van der Waals surface area (Å²) < 4.78 is 0.936. The quantitative estimate of drug-likeness (QED) is 0.683. The van der Waals surface area contributed by atoms with Crippen LogP contribution in [0.2, 0.25) is 0 Å². The average Bonchev–Trinajstić information content (AvgIpc) is 2.66. The third-order valence-corrected chi connectivity index (χ3v) is 5.23. The largest absolute Gasteiger partial charge is 0.480 e. The number of rotatable bonds is 6. The molecule has 0 spiro atoms. The molecule has 1 saturated heterocycles. The fourth-order valence-corrected chi connectivity index (χ4v) is 3.65. The van der Waals surface area contributed by atoms with Crippen molar-refractivity contribution >= 4 is 33.3 Å². The number of piperidine rings is 1. The van der Waals surface area contributed by atoms with Crippen LogP contribution >= 0.6 is 15.9 Å². The average molecular weight is 430 g/mol. The van der Waals surface area contributed by atoms with E-state index in [4.69, 9.17) is 5.11 Å². The summed E-state index contributed by atoms with van der Waals surface area (Å²) in [5, 5.41) is 12.8. The standard InChI is InChI=1S/C21H24BrN3O2/c1-25-11-9-17(10-12-25)24-19-8-7-16(22)13-18(19)21(23-14-20(26)27)15-5-3-2-4-6-15/h2-8,13,17,24H,9-12,14H2,1H3,(H,26,27)/b23-21+. The van der Waals surface area contributed by atoms with Crippen LogP contribution < -0.4 is 5.32 Å². The Balaban J connectivity index is 1.97. The molecule has 2 aromatic rings. The molecule has 0 bridgehead atoms. The van der Waals surface area contributed by atoms with Crippen molar-refractivity contribution < 1.29 is 9.90 Å². The summed E-state index contributed by atoms with van der Waals surface area (Å²) in [6.07, 6.45) is 2.16. The molecule has 1 aliphatic rings. The lowest BCUT2D eigenvalue weighted by Gasteiger charge is -2.31.